The van der Waals surface area contributed by atoms with Crippen molar-refractivity contribution < 1.29 is 13.2 Å². The second-order valence-corrected chi connectivity index (χ2v) is 7.83. The molecule has 0 bridgehead atoms. The third kappa shape index (κ3) is 4.27. The molecule has 2 aromatic carbocycles. The number of hydrogen-bond donors (Lipinski definition) is 1. The summed E-state index contributed by atoms with van der Waals surface area (Å²) in [7, 11) is -3.51. The van der Waals surface area contributed by atoms with E-state index in [2.05, 4.69) is 5.32 Å². The highest BCUT2D eigenvalue weighted by atomic mass is 32.2. The molecule has 1 N–H and O–H groups in total. The van der Waals surface area contributed by atoms with E-state index in [1.165, 1.54) is 10.4 Å². The van der Waals surface area contributed by atoms with E-state index in [0.29, 0.717) is 29.9 Å². The molecule has 0 radical (unpaired) electrons. The van der Waals surface area contributed by atoms with Crippen LogP contribution in [0.5, 0.6) is 0 Å². The Morgan fingerprint density at radius 2 is 1.72 bits per heavy atom. The number of aryl methyl sites for hydroxylation is 2. The van der Waals surface area contributed by atoms with Crippen LogP contribution >= 0.6 is 0 Å². The van der Waals surface area contributed by atoms with Crippen LogP contribution in [-0.2, 0) is 10.0 Å². The zero-order valence-corrected chi connectivity index (χ0v) is 15.9. The molecule has 0 fully saturated rings. The van der Waals surface area contributed by atoms with Crippen molar-refractivity contribution in [2.24, 2.45) is 0 Å². The molecule has 1 amide bonds. The molecule has 0 heterocycles. The van der Waals surface area contributed by atoms with Gasteiger partial charge in [-0.3, -0.25) is 4.79 Å². The topological polar surface area (TPSA) is 66.5 Å². The lowest BCUT2D eigenvalue weighted by Crippen LogP contribution is -2.30. The predicted octanol–water partition coefficient (Wildman–Crippen LogP) is 3.59. The molecule has 0 aliphatic heterocycles. The Kier molecular flexibility index (Phi) is 5.98. The van der Waals surface area contributed by atoms with E-state index >= 15 is 0 Å². The Labute approximate surface area is 149 Å². The molecule has 0 atom stereocenters. The van der Waals surface area contributed by atoms with Gasteiger partial charge in [0, 0.05) is 24.3 Å². The molecule has 0 saturated carbocycles. The molecule has 0 aliphatic carbocycles. The number of sulfonamides is 1. The van der Waals surface area contributed by atoms with Crippen molar-refractivity contribution in [2.75, 3.05) is 18.4 Å². The number of hydrogen-bond acceptors (Lipinski definition) is 3. The molecular weight excluding hydrogens is 336 g/mol. The zero-order chi connectivity index (χ0) is 18.6. The lowest BCUT2D eigenvalue weighted by atomic mass is 10.1. The first-order chi connectivity index (χ1) is 11.8. The van der Waals surface area contributed by atoms with Crippen LogP contribution in [0.1, 0.15) is 35.3 Å². The van der Waals surface area contributed by atoms with Gasteiger partial charge in [-0.05, 0) is 49.7 Å². The van der Waals surface area contributed by atoms with Crippen molar-refractivity contribution in [3.8, 4) is 0 Å². The summed E-state index contributed by atoms with van der Waals surface area (Å²) in [4.78, 5) is 12.6. The fourth-order valence-electron chi connectivity index (χ4n) is 2.63. The highest BCUT2D eigenvalue weighted by Gasteiger charge is 2.22. The highest BCUT2D eigenvalue weighted by Crippen LogP contribution is 2.23. The normalized spacial score (nSPS) is 11.6. The molecule has 2 rings (SSSR count). The minimum atomic E-state index is -3.51. The van der Waals surface area contributed by atoms with Crippen LogP contribution in [0, 0.1) is 13.8 Å². The Morgan fingerprint density at radius 1 is 1.04 bits per heavy atom. The maximum Gasteiger partial charge on any atom is 0.255 e. The van der Waals surface area contributed by atoms with Gasteiger partial charge in [0.25, 0.3) is 5.91 Å². The van der Waals surface area contributed by atoms with E-state index < -0.39 is 10.0 Å². The van der Waals surface area contributed by atoms with Crippen molar-refractivity contribution in [1.29, 1.82) is 0 Å². The molecule has 134 valence electrons. The molecule has 0 aromatic heterocycles. The SMILES string of the molecule is CCN(CC)S(=O)(=O)c1ccc(NC(=O)c2cccc(C)c2)c(C)c1. The number of nitrogens with one attached hydrogen (secondary N) is 1. The Bertz CT molecular complexity index is 872. The van der Waals surface area contributed by atoms with Crippen molar-refractivity contribution >= 4 is 21.6 Å². The fraction of sp³-hybridized carbons (Fsp3) is 0.316. The average molecular weight is 360 g/mol. The second-order valence-electron chi connectivity index (χ2n) is 5.89. The van der Waals surface area contributed by atoms with Crippen LogP contribution in [0.2, 0.25) is 0 Å². The Morgan fingerprint density at radius 3 is 2.28 bits per heavy atom. The number of benzene rings is 2. The van der Waals surface area contributed by atoms with Crippen LogP contribution in [0.4, 0.5) is 5.69 Å². The quantitative estimate of drug-likeness (QED) is 0.856. The van der Waals surface area contributed by atoms with E-state index in [1.807, 2.05) is 39.0 Å². The standard InChI is InChI=1S/C19H24N2O3S/c1-5-21(6-2)25(23,24)17-10-11-18(15(4)13-17)20-19(22)16-9-7-8-14(3)12-16/h7-13H,5-6H2,1-4H3,(H,20,22). The van der Waals surface area contributed by atoms with Gasteiger partial charge >= 0.3 is 0 Å². The van der Waals surface area contributed by atoms with E-state index in [1.54, 1.807) is 25.1 Å². The van der Waals surface area contributed by atoms with Gasteiger partial charge < -0.3 is 5.32 Å². The third-order valence-corrected chi connectivity index (χ3v) is 6.12. The average Bonchev–Trinajstić information content (AvgIpc) is 2.57. The third-order valence-electron chi connectivity index (χ3n) is 4.07. The van der Waals surface area contributed by atoms with Crippen LogP contribution in [0.3, 0.4) is 0 Å². The minimum Gasteiger partial charge on any atom is -0.322 e. The van der Waals surface area contributed by atoms with Crippen molar-refractivity contribution in [3.05, 3.63) is 59.2 Å². The molecule has 0 spiro atoms. The minimum absolute atomic E-state index is 0.217. The number of amides is 1. The van der Waals surface area contributed by atoms with Gasteiger partial charge in [-0.1, -0.05) is 31.5 Å². The molecule has 25 heavy (non-hydrogen) atoms. The summed E-state index contributed by atoms with van der Waals surface area (Å²) in [6, 6.07) is 12.1. The molecule has 0 unspecified atom stereocenters. The molecule has 2 aromatic rings. The van der Waals surface area contributed by atoms with Crippen molar-refractivity contribution in [2.45, 2.75) is 32.6 Å². The smallest absolute Gasteiger partial charge is 0.255 e. The van der Waals surface area contributed by atoms with Gasteiger partial charge in [0.15, 0.2) is 0 Å². The maximum atomic E-state index is 12.6. The van der Waals surface area contributed by atoms with Crippen LogP contribution in [0.15, 0.2) is 47.4 Å². The van der Waals surface area contributed by atoms with Crippen LogP contribution in [-0.4, -0.2) is 31.7 Å². The second kappa shape index (κ2) is 7.80. The summed E-state index contributed by atoms with van der Waals surface area (Å²) in [5.41, 5.74) is 2.88. The van der Waals surface area contributed by atoms with E-state index in [-0.39, 0.29) is 10.8 Å². The molecule has 5 nitrogen and oxygen atoms in total. The fourth-order valence-corrected chi connectivity index (χ4v) is 4.17. The van der Waals surface area contributed by atoms with Gasteiger partial charge in [0.1, 0.15) is 0 Å². The molecular formula is C19H24N2O3S. The lowest BCUT2D eigenvalue weighted by Gasteiger charge is -2.19. The van der Waals surface area contributed by atoms with E-state index in [9.17, 15) is 13.2 Å². The van der Waals surface area contributed by atoms with E-state index in [4.69, 9.17) is 0 Å². The van der Waals surface area contributed by atoms with Gasteiger partial charge in [-0.15, -0.1) is 0 Å². The van der Waals surface area contributed by atoms with Crippen molar-refractivity contribution in [1.82, 2.24) is 4.31 Å². The number of carbonyl (C=O) groups excluding carboxylic acids is 1. The summed E-state index contributed by atoms with van der Waals surface area (Å²) < 4.78 is 26.6. The summed E-state index contributed by atoms with van der Waals surface area (Å²) in [5, 5.41) is 2.84. The Balaban J connectivity index is 2.27. The van der Waals surface area contributed by atoms with E-state index in [0.717, 1.165) is 5.56 Å². The largest absolute Gasteiger partial charge is 0.322 e. The van der Waals surface area contributed by atoms with Crippen LogP contribution in [0.25, 0.3) is 0 Å². The monoisotopic (exact) mass is 360 g/mol. The number of rotatable bonds is 6. The number of anilines is 1. The summed E-state index contributed by atoms with van der Waals surface area (Å²) in [6.45, 7) is 8.17. The Hall–Kier alpha value is -2.18. The molecule has 6 heteroatoms. The number of carbonyl (C=O) groups is 1. The van der Waals surface area contributed by atoms with Gasteiger partial charge in [-0.2, -0.15) is 4.31 Å². The lowest BCUT2D eigenvalue weighted by molar-refractivity contribution is 0.102. The van der Waals surface area contributed by atoms with Gasteiger partial charge in [0.2, 0.25) is 10.0 Å². The number of nitrogens with zero attached hydrogens (tertiary/aromatic N) is 1. The van der Waals surface area contributed by atoms with Crippen LogP contribution < -0.4 is 5.32 Å². The zero-order valence-electron chi connectivity index (χ0n) is 15.0. The molecule has 0 aliphatic rings. The molecule has 0 saturated heterocycles. The predicted molar refractivity (Wildman–Crippen MR) is 100 cm³/mol. The first kappa shape index (κ1) is 19.1. The summed E-state index contributed by atoms with van der Waals surface area (Å²) in [6.07, 6.45) is 0. The van der Waals surface area contributed by atoms with Gasteiger partial charge in [-0.25, -0.2) is 8.42 Å². The summed E-state index contributed by atoms with van der Waals surface area (Å²) >= 11 is 0. The maximum absolute atomic E-state index is 12.6. The van der Waals surface area contributed by atoms with Gasteiger partial charge in [0.05, 0.1) is 4.90 Å². The highest BCUT2D eigenvalue weighted by molar-refractivity contribution is 7.89. The van der Waals surface area contributed by atoms with Crippen molar-refractivity contribution in [3.63, 3.8) is 0 Å². The first-order valence-corrected chi connectivity index (χ1v) is 9.72. The summed E-state index contributed by atoms with van der Waals surface area (Å²) in [5.74, 6) is -0.217. The first-order valence-electron chi connectivity index (χ1n) is 8.28.